The van der Waals surface area contributed by atoms with Crippen LogP contribution >= 0.6 is 0 Å². The van der Waals surface area contributed by atoms with Crippen molar-refractivity contribution in [2.45, 2.75) is 109 Å². The van der Waals surface area contributed by atoms with Gasteiger partial charge in [0.2, 0.25) is 13.4 Å². The lowest BCUT2D eigenvalue weighted by atomic mass is 9.37. The highest BCUT2D eigenvalue weighted by molar-refractivity contribution is 6.91. The van der Waals surface area contributed by atoms with Crippen LogP contribution in [0, 0.1) is 83.1 Å². The van der Waals surface area contributed by atoms with E-state index in [1.165, 1.54) is 122 Å². The Labute approximate surface area is 356 Å². The zero-order valence-corrected chi connectivity index (χ0v) is 38.1. The van der Waals surface area contributed by atoms with Crippen LogP contribution in [-0.2, 0) is 6.54 Å². The lowest BCUT2D eigenvalue weighted by Crippen LogP contribution is -2.46. The summed E-state index contributed by atoms with van der Waals surface area (Å²) in [4.78, 5) is 0. The van der Waals surface area contributed by atoms with Gasteiger partial charge in [0, 0.05) is 28.4 Å². The molecule has 1 nitrogen and oxygen atoms in total. The molecule has 59 heavy (non-hydrogen) atoms. The monoisotopic (exact) mass is 772 g/mol. The normalized spacial score (nSPS) is 11.9. The van der Waals surface area contributed by atoms with E-state index in [1.54, 1.807) is 0 Å². The van der Waals surface area contributed by atoms with Gasteiger partial charge in [0.15, 0.2) is 0 Å². The molecule has 1 heterocycles. The molecule has 0 fully saturated rings. The Morgan fingerprint density at radius 1 is 0.407 bits per heavy atom. The average molecular weight is 772 g/mol. The number of rotatable bonds is 11. The molecule has 6 aromatic carbocycles. The van der Waals surface area contributed by atoms with Crippen LogP contribution in [-0.4, -0.2) is 18.0 Å². The van der Waals surface area contributed by atoms with Crippen molar-refractivity contribution in [2.75, 3.05) is 0 Å². The highest BCUT2D eigenvalue weighted by Crippen LogP contribution is 2.32. The molecule has 1 aromatic heterocycles. The molecule has 0 amide bonds. The van der Waals surface area contributed by atoms with E-state index in [-0.39, 0.29) is 13.4 Å². The number of benzene rings is 6. The predicted molar refractivity (Wildman–Crippen MR) is 265 cm³/mol. The molecule has 0 spiro atoms. The summed E-state index contributed by atoms with van der Waals surface area (Å²) in [5.74, 6) is 4.93. The van der Waals surface area contributed by atoms with Crippen LogP contribution in [0.15, 0.2) is 96.9 Å². The number of fused-ring (bicyclic) bond motifs is 3. The second-order valence-electron chi connectivity index (χ2n) is 18.0. The SMILES string of the molecule is CCCCn1c2ccc(/C=C/B(c3c(C)cc(C)cc3C)c3c(C)cc(C)cc3C)cc2c2cc(/C=C/B(c3c(C)cc(C)cc3C)c3c(C)cc(C)cc3C)ccc21. The fourth-order valence-corrected chi connectivity index (χ4v) is 10.7. The van der Waals surface area contributed by atoms with Gasteiger partial charge in [-0.25, -0.2) is 0 Å². The molecule has 3 heteroatoms. The molecule has 0 aliphatic carbocycles. The van der Waals surface area contributed by atoms with Crippen molar-refractivity contribution in [1.82, 2.24) is 4.57 Å². The lowest BCUT2D eigenvalue weighted by Gasteiger charge is -2.22. The third-order valence-corrected chi connectivity index (χ3v) is 12.8. The van der Waals surface area contributed by atoms with E-state index < -0.39 is 0 Å². The number of nitrogens with zero attached hydrogens (tertiary/aromatic N) is 1. The van der Waals surface area contributed by atoms with Crippen molar-refractivity contribution < 1.29 is 0 Å². The summed E-state index contributed by atoms with van der Waals surface area (Å²) in [5.41, 5.74) is 26.9. The van der Waals surface area contributed by atoms with Crippen molar-refractivity contribution >= 4 is 69.2 Å². The van der Waals surface area contributed by atoms with Crippen molar-refractivity contribution in [3.8, 4) is 0 Å². The summed E-state index contributed by atoms with van der Waals surface area (Å²) in [6.07, 6.45) is 7.07. The standard InChI is InChI=1S/C56H63B2N/c1-14-15-24-59-51-18-16-47(20-22-57(53-39(6)25-35(2)26-40(53)7)54-41(8)27-36(3)28-42(54)9)33-49(51)50-34-48(17-19-52(50)59)21-23-58(55-43(10)29-37(4)30-44(55)11)56-45(12)31-38(5)32-46(56)13/h16-23,25-34H,14-15,24H2,1-13H3/b22-20+,23-21+. The maximum atomic E-state index is 2.55. The number of aryl methyl sites for hydroxylation is 13. The first-order valence-corrected chi connectivity index (χ1v) is 21.9. The second kappa shape index (κ2) is 17.1. The third-order valence-electron chi connectivity index (χ3n) is 12.8. The van der Waals surface area contributed by atoms with Crippen LogP contribution in [0.1, 0.15) is 97.7 Å². The molecule has 0 bridgehead atoms. The van der Waals surface area contributed by atoms with Crippen LogP contribution in [0.25, 0.3) is 34.0 Å². The second-order valence-corrected chi connectivity index (χ2v) is 18.0. The molecule has 0 radical (unpaired) electrons. The van der Waals surface area contributed by atoms with Gasteiger partial charge < -0.3 is 4.57 Å². The van der Waals surface area contributed by atoms with Gasteiger partial charge in [-0.15, -0.1) is 12.0 Å². The number of aromatic nitrogens is 1. The van der Waals surface area contributed by atoms with Gasteiger partial charge in [-0.1, -0.05) is 175 Å². The minimum absolute atomic E-state index is 0.157. The highest BCUT2D eigenvalue weighted by Gasteiger charge is 2.26. The summed E-state index contributed by atoms with van der Waals surface area (Å²) in [6.45, 7) is 30.7. The molecule has 0 saturated heterocycles. The van der Waals surface area contributed by atoms with Gasteiger partial charge in [0.25, 0.3) is 0 Å². The summed E-state index contributed by atoms with van der Waals surface area (Å²) in [5, 5.41) is 2.64. The third kappa shape index (κ3) is 8.45. The van der Waals surface area contributed by atoms with E-state index in [1.807, 2.05) is 0 Å². The summed E-state index contributed by atoms with van der Waals surface area (Å²) in [6, 6.07) is 33.0. The van der Waals surface area contributed by atoms with Crippen LogP contribution in [0.5, 0.6) is 0 Å². The fourth-order valence-electron chi connectivity index (χ4n) is 10.7. The van der Waals surface area contributed by atoms with E-state index in [0.717, 1.165) is 19.4 Å². The Kier molecular flexibility index (Phi) is 12.2. The van der Waals surface area contributed by atoms with E-state index in [0.29, 0.717) is 0 Å². The van der Waals surface area contributed by atoms with E-state index in [2.05, 4.69) is 204 Å². The summed E-state index contributed by atoms with van der Waals surface area (Å²) >= 11 is 0. The molecule has 298 valence electrons. The summed E-state index contributed by atoms with van der Waals surface area (Å²) in [7, 11) is 0. The van der Waals surface area contributed by atoms with Crippen molar-refractivity contribution in [3.05, 3.63) is 175 Å². The fraction of sp³-hybridized carbons (Fsp3) is 0.286. The molecular weight excluding hydrogens is 708 g/mol. The quantitative estimate of drug-likeness (QED) is 0.115. The largest absolute Gasteiger partial charge is 0.340 e. The predicted octanol–water partition coefficient (Wildman–Crippen LogP) is 12.0. The van der Waals surface area contributed by atoms with Crippen LogP contribution in [0.4, 0.5) is 0 Å². The molecule has 0 aliphatic heterocycles. The van der Waals surface area contributed by atoms with Gasteiger partial charge in [0.05, 0.1) is 0 Å². The minimum Gasteiger partial charge on any atom is -0.340 e. The molecule has 0 N–H and O–H groups in total. The van der Waals surface area contributed by atoms with Crippen LogP contribution in [0.3, 0.4) is 0 Å². The molecule has 7 aromatic rings. The van der Waals surface area contributed by atoms with E-state index in [9.17, 15) is 0 Å². The average Bonchev–Trinajstić information content (AvgIpc) is 3.44. The van der Waals surface area contributed by atoms with Gasteiger partial charge in [-0.2, -0.15) is 0 Å². The Bertz CT molecular complexity index is 2400. The van der Waals surface area contributed by atoms with Crippen LogP contribution < -0.4 is 21.9 Å². The minimum atomic E-state index is 0.157. The molecular formula is C56H63B2N. The Balaban J connectivity index is 1.36. The molecule has 0 atom stereocenters. The first-order valence-electron chi connectivity index (χ1n) is 21.9. The van der Waals surface area contributed by atoms with Gasteiger partial charge >= 0.3 is 0 Å². The summed E-state index contributed by atoms with van der Waals surface area (Å²) < 4.78 is 2.55. The Morgan fingerprint density at radius 3 is 0.966 bits per heavy atom. The topological polar surface area (TPSA) is 4.93 Å². The molecule has 0 unspecified atom stereocenters. The number of hydrogen-bond acceptors (Lipinski definition) is 0. The maximum absolute atomic E-state index is 2.55. The van der Waals surface area contributed by atoms with Crippen molar-refractivity contribution in [3.63, 3.8) is 0 Å². The maximum Gasteiger partial charge on any atom is 0.235 e. The van der Waals surface area contributed by atoms with Crippen molar-refractivity contribution in [2.24, 2.45) is 0 Å². The zero-order chi connectivity index (χ0) is 42.3. The highest BCUT2D eigenvalue weighted by atomic mass is 15.0. The molecule has 7 rings (SSSR count). The smallest absolute Gasteiger partial charge is 0.235 e. The lowest BCUT2D eigenvalue weighted by molar-refractivity contribution is 0.665. The molecule has 0 aliphatic rings. The first-order chi connectivity index (χ1) is 28.1. The Hall–Kier alpha value is -5.27. The number of unbranched alkanes of at least 4 members (excludes halogenated alkanes) is 1. The van der Waals surface area contributed by atoms with Gasteiger partial charge in [-0.3, -0.25) is 0 Å². The number of hydrogen-bond donors (Lipinski definition) is 0. The van der Waals surface area contributed by atoms with E-state index >= 15 is 0 Å². The van der Waals surface area contributed by atoms with Crippen molar-refractivity contribution in [1.29, 1.82) is 0 Å². The van der Waals surface area contributed by atoms with E-state index in [4.69, 9.17) is 0 Å². The zero-order valence-electron chi connectivity index (χ0n) is 38.1. The van der Waals surface area contributed by atoms with Gasteiger partial charge in [-0.05, 0) is 125 Å². The van der Waals surface area contributed by atoms with Crippen LogP contribution in [0.2, 0.25) is 0 Å². The first kappa shape index (κ1) is 41.9. The van der Waals surface area contributed by atoms with Gasteiger partial charge in [0.1, 0.15) is 0 Å². The molecule has 0 saturated carbocycles. The Morgan fingerprint density at radius 2 is 0.695 bits per heavy atom.